The molecule has 0 aromatic carbocycles. The lowest BCUT2D eigenvalue weighted by molar-refractivity contribution is -0.0179. The molecule has 0 aliphatic carbocycles. The highest BCUT2D eigenvalue weighted by Crippen LogP contribution is 2.09. The molecule has 0 bridgehead atoms. The summed E-state index contributed by atoms with van der Waals surface area (Å²) in [6.45, 7) is 15.8. The lowest BCUT2D eigenvalue weighted by Crippen LogP contribution is -2.48. The highest BCUT2D eigenvalue weighted by molar-refractivity contribution is 5.79. The summed E-state index contributed by atoms with van der Waals surface area (Å²) < 4.78 is 5.38. The summed E-state index contributed by atoms with van der Waals surface area (Å²) in [6, 6.07) is 0. The zero-order valence-corrected chi connectivity index (χ0v) is 18.3. The number of ether oxygens (including phenoxy) is 1. The number of nitrogens with one attached hydrogen (secondary N) is 2. The molecule has 0 aromatic heterocycles. The van der Waals surface area contributed by atoms with E-state index in [9.17, 15) is 5.11 Å². The first-order chi connectivity index (χ1) is 13.5. The van der Waals surface area contributed by atoms with Gasteiger partial charge in [0.05, 0.1) is 25.4 Å². The number of unbranched alkanes of at least 4 members (excludes halogenated alkanes) is 1. The molecular formula is C20H42N6O2. The van der Waals surface area contributed by atoms with Crippen LogP contribution in [-0.4, -0.2) is 124 Å². The Morgan fingerprint density at radius 2 is 1.75 bits per heavy atom. The Labute approximate surface area is 171 Å². The number of aliphatic imine (C=N–C) groups is 1. The number of morpholine rings is 1. The molecular weight excluding hydrogens is 356 g/mol. The molecule has 28 heavy (non-hydrogen) atoms. The first kappa shape index (κ1) is 23.3. The lowest BCUT2D eigenvalue weighted by atomic mass is 10.1. The van der Waals surface area contributed by atoms with Gasteiger partial charge in [-0.3, -0.25) is 9.89 Å². The largest absolute Gasteiger partial charge is 0.387 e. The van der Waals surface area contributed by atoms with E-state index in [1.165, 1.54) is 39.1 Å². The summed E-state index contributed by atoms with van der Waals surface area (Å²) in [5, 5.41) is 17.4. The van der Waals surface area contributed by atoms with Crippen molar-refractivity contribution in [3.8, 4) is 0 Å². The van der Waals surface area contributed by atoms with Crippen molar-refractivity contribution >= 4 is 5.96 Å². The lowest BCUT2D eigenvalue weighted by Gasteiger charge is -2.33. The number of guanidine groups is 1. The maximum absolute atomic E-state index is 10.7. The Balaban J connectivity index is 1.64. The van der Waals surface area contributed by atoms with E-state index in [1.807, 2.05) is 6.92 Å². The van der Waals surface area contributed by atoms with Crippen LogP contribution < -0.4 is 10.6 Å². The second-order valence-electron chi connectivity index (χ2n) is 8.36. The van der Waals surface area contributed by atoms with Gasteiger partial charge in [-0.15, -0.1) is 0 Å². The molecule has 0 aromatic rings. The first-order valence-electron chi connectivity index (χ1n) is 10.9. The van der Waals surface area contributed by atoms with E-state index in [1.54, 1.807) is 0 Å². The third-order valence-electron chi connectivity index (χ3n) is 5.38. The fraction of sp³-hybridized carbons (Fsp3) is 0.950. The van der Waals surface area contributed by atoms with Crippen molar-refractivity contribution < 1.29 is 9.84 Å². The molecule has 1 unspecified atom stereocenters. The molecule has 2 rings (SSSR count). The fourth-order valence-corrected chi connectivity index (χ4v) is 3.62. The molecule has 2 aliphatic rings. The minimum Gasteiger partial charge on any atom is -0.387 e. The predicted octanol–water partition coefficient (Wildman–Crippen LogP) is -0.348. The van der Waals surface area contributed by atoms with Gasteiger partial charge in [-0.2, -0.15) is 0 Å². The van der Waals surface area contributed by atoms with Crippen molar-refractivity contribution in [2.75, 3.05) is 92.3 Å². The summed E-state index contributed by atoms with van der Waals surface area (Å²) in [6.07, 6.45) is 2.33. The Morgan fingerprint density at radius 3 is 2.43 bits per heavy atom. The van der Waals surface area contributed by atoms with Gasteiger partial charge in [-0.25, -0.2) is 0 Å². The van der Waals surface area contributed by atoms with Gasteiger partial charge >= 0.3 is 0 Å². The molecule has 8 heteroatoms. The quantitative estimate of drug-likeness (QED) is 0.264. The topological polar surface area (TPSA) is 75.6 Å². The summed E-state index contributed by atoms with van der Waals surface area (Å²) in [4.78, 5) is 11.8. The zero-order chi connectivity index (χ0) is 20.2. The molecule has 0 spiro atoms. The Bertz CT molecular complexity index is 446. The third-order valence-corrected chi connectivity index (χ3v) is 5.38. The monoisotopic (exact) mass is 398 g/mol. The van der Waals surface area contributed by atoms with Gasteiger partial charge in [0.25, 0.3) is 0 Å². The van der Waals surface area contributed by atoms with E-state index in [0.717, 1.165) is 51.8 Å². The van der Waals surface area contributed by atoms with Crippen molar-refractivity contribution in [3.63, 3.8) is 0 Å². The molecule has 2 aliphatic heterocycles. The van der Waals surface area contributed by atoms with E-state index in [2.05, 4.69) is 44.3 Å². The van der Waals surface area contributed by atoms with Crippen molar-refractivity contribution in [2.45, 2.75) is 32.3 Å². The third kappa shape index (κ3) is 9.52. The Morgan fingerprint density at radius 1 is 1.04 bits per heavy atom. The Hall–Kier alpha value is -0.930. The van der Waals surface area contributed by atoms with Crippen molar-refractivity contribution in [1.82, 2.24) is 25.3 Å². The van der Waals surface area contributed by atoms with Crippen LogP contribution >= 0.6 is 0 Å². The van der Waals surface area contributed by atoms with Gasteiger partial charge < -0.3 is 30.3 Å². The standard InChI is InChI=1S/C20H42N6O2/c1-4-21-19(22-7-5-6-8-25-11-9-24(3)10-12-25)23-17-20(2,27)18-26-13-15-28-16-14-26/h27H,4-18H2,1-3H3,(H2,21,22,23). The van der Waals surface area contributed by atoms with Crippen LogP contribution in [0.5, 0.6) is 0 Å². The van der Waals surface area contributed by atoms with Crippen LogP contribution in [-0.2, 0) is 4.74 Å². The van der Waals surface area contributed by atoms with E-state index in [-0.39, 0.29) is 0 Å². The summed E-state index contributed by atoms with van der Waals surface area (Å²) in [5.41, 5.74) is -0.832. The number of rotatable bonds is 10. The normalized spacial score (nSPS) is 22.8. The van der Waals surface area contributed by atoms with Crippen LogP contribution in [0.15, 0.2) is 4.99 Å². The number of nitrogens with zero attached hydrogens (tertiary/aromatic N) is 4. The minimum atomic E-state index is -0.832. The molecule has 2 saturated heterocycles. The predicted molar refractivity (Wildman–Crippen MR) is 115 cm³/mol. The van der Waals surface area contributed by atoms with Crippen LogP contribution in [0.25, 0.3) is 0 Å². The van der Waals surface area contributed by atoms with Gasteiger partial charge in [-0.1, -0.05) is 0 Å². The van der Waals surface area contributed by atoms with Crippen molar-refractivity contribution in [1.29, 1.82) is 0 Å². The molecule has 8 nitrogen and oxygen atoms in total. The maximum atomic E-state index is 10.7. The van der Waals surface area contributed by atoms with Gasteiger partial charge in [0.2, 0.25) is 0 Å². The molecule has 2 fully saturated rings. The van der Waals surface area contributed by atoms with Crippen LogP contribution in [0, 0.1) is 0 Å². The second kappa shape index (κ2) is 12.6. The van der Waals surface area contributed by atoms with Crippen molar-refractivity contribution in [3.05, 3.63) is 0 Å². The second-order valence-corrected chi connectivity index (χ2v) is 8.36. The van der Waals surface area contributed by atoms with Crippen molar-refractivity contribution in [2.24, 2.45) is 4.99 Å². The average Bonchev–Trinajstić information content (AvgIpc) is 2.67. The number of hydrogen-bond acceptors (Lipinski definition) is 6. The summed E-state index contributed by atoms with van der Waals surface area (Å²) in [5.74, 6) is 0.796. The highest BCUT2D eigenvalue weighted by atomic mass is 16.5. The molecule has 0 amide bonds. The molecule has 164 valence electrons. The zero-order valence-electron chi connectivity index (χ0n) is 18.3. The van der Waals surface area contributed by atoms with Crippen LogP contribution in [0.2, 0.25) is 0 Å². The fourth-order valence-electron chi connectivity index (χ4n) is 3.62. The molecule has 3 N–H and O–H groups in total. The number of likely N-dealkylation sites (N-methyl/N-ethyl adjacent to an activating group) is 1. The van der Waals surface area contributed by atoms with E-state index in [0.29, 0.717) is 13.1 Å². The highest BCUT2D eigenvalue weighted by Gasteiger charge is 2.25. The first-order valence-corrected chi connectivity index (χ1v) is 10.9. The van der Waals surface area contributed by atoms with Gasteiger partial charge in [-0.05, 0) is 40.3 Å². The summed E-state index contributed by atoms with van der Waals surface area (Å²) >= 11 is 0. The molecule has 1 atom stereocenters. The summed E-state index contributed by atoms with van der Waals surface area (Å²) in [7, 11) is 2.20. The van der Waals surface area contributed by atoms with Crippen LogP contribution in [0.3, 0.4) is 0 Å². The van der Waals surface area contributed by atoms with Gasteiger partial charge in [0.1, 0.15) is 0 Å². The number of aliphatic hydroxyl groups is 1. The minimum absolute atomic E-state index is 0.390. The van der Waals surface area contributed by atoms with Gasteiger partial charge in [0, 0.05) is 58.9 Å². The van der Waals surface area contributed by atoms with E-state index < -0.39 is 5.60 Å². The van der Waals surface area contributed by atoms with Gasteiger partial charge in [0.15, 0.2) is 5.96 Å². The molecule has 2 heterocycles. The smallest absolute Gasteiger partial charge is 0.191 e. The Kier molecular flexibility index (Phi) is 10.5. The number of hydrogen-bond donors (Lipinski definition) is 3. The van der Waals surface area contributed by atoms with E-state index >= 15 is 0 Å². The van der Waals surface area contributed by atoms with E-state index in [4.69, 9.17) is 4.74 Å². The van der Waals surface area contributed by atoms with Crippen LogP contribution in [0.1, 0.15) is 26.7 Å². The van der Waals surface area contributed by atoms with Crippen LogP contribution in [0.4, 0.5) is 0 Å². The molecule has 0 radical (unpaired) electrons. The number of β-amino-alcohol motifs (C(OH)–C–C–N with tert-alkyl or cyclic N) is 1. The number of piperazine rings is 1. The molecule has 0 saturated carbocycles. The SMILES string of the molecule is CCNC(=NCC(C)(O)CN1CCOCC1)NCCCCN1CCN(C)CC1. The maximum Gasteiger partial charge on any atom is 0.191 e. The average molecular weight is 399 g/mol.